The second kappa shape index (κ2) is 8.06. The normalized spacial score (nSPS) is 14.6. The first-order chi connectivity index (χ1) is 12.2. The van der Waals surface area contributed by atoms with Crippen LogP contribution in [-0.2, 0) is 11.2 Å². The number of hydrogen-bond acceptors (Lipinski definition) is 3. The number of hydrogen-bond donors (Lipinski definition) is 1. The summed E-state index contributed by atoms with van der Waals surface area (Å²) in [5, 5.41) is 3.22. The molecule has 1 fully saturated rings. The molecule has 2 aromatic rings. The quantitative estimate of drug-likeness (QED) is 0.793. The monoisotopic (exact) mass is 339 g/mol. The maximum Gasteiger partial charge on any atom is 0.220 e. The largest absolute Gasteiger partial charge is 0.493 e. The van der Waals surface area contributed by atoms with Gasteiger partial charge in [0.05, 0.1) is 20.3 Å². The molecule has 1 aliphatic carbocycles. The molecule has 0 spiro atoms. The van der Waals surface area contributed by atoms with Gasteiger partial charge in [-0.1, -0.05) is 36.4 Å². The summed E-state index contributed by atoms with van der Waals surface area (Å²) in [6.45, 7) is 0. The highest BCUT2D eigenvalue weighted by Crippen LogP contribution is 2.41. The zero-order valence-corrected chi connectivity index (χ0v) is 14.8. The van der Waals surface area contributed by atoms with Gasteiger partial charge < -0.3 is 14.8 Å². The molecule has 1 amide bonds. The lowest BCUT2D eigenvalue weighted by Gasteiger charge is -2.19. The molecule has 1 N–H and O–H groups in total. The second-order valence-corrected chi connectivity index (χ2v) is 6.48. The topological polar surface area (TPSA) is 47.6 Å². The van der Waals surface area contributed by atoms with E-state index in [0.29, 0.717) is 30.3 Å². The van der Waals surface area contributed by atoms with Crippen LogP contribution in [0.15, 0.2) is 48.5 Å². The first kappa shape index (κ1) is 17.3. The number of amides is 1. The fraction of sp³-hybridized carbons (Fsp3) is 0.381. The summed E-state index contributed by atoms with van der Waals surface area (Å²) in [6.07, 6.45) is 3.52. The third-order valence-electron chi connectivity index (χ3n) is 4.66. The Morgan fingerprint density at radius 2 is 1.80 bits per heavy atom. The molecule has 0 heterocycles. The van der Waals surface area contributed by atoms with Crippen molar-refractivity contribution in [2.45, 2.75) is 31.7 Å². The average molecular weight is 339 g/mol. The predicted octanol–water partition coefficient (Wildman–Crippen LogP) is 3.90. The van der Waals surface area contributed by atoms with Gasteiger partial charge in [-0.2, -0.15) is 0 Å². The number of rotatable bonds is 8. The van der Waals surface area contributed by atoms with Crippen LogP contribution >= 0.6 is 0 Å². The van der Waals surface area contributed by atoms with Crippen LogP contribution in [0.4, 0.5) is 0 Å². The van der Waals surface area contributed by atoms with Crippen LogP contribution in [-0.4, -0.2) is 20.1 Å². The van der Waals surface area contributed by atoms with E-state index in [1.54, 1.807) is 14.2 Å². The van der Waals surface area contributed by atoms with E-state index in [4.69, 9.17) is 9.47 Å². The molecule has 0 bridgehead atoms. The molecule has 1 saturated carbocycles. The van der Waals surface area contributed by atoms with Gasteiger partial charge in [0.2, 0.25) is 5.91 Å². The van der Waals surface area contributed by atoms with Crippen LogP contribution in [0.25, 0.3) is 0 Å². The Kier molecular flexibility index (Phi) is 5.59. The molecule has 0 radical (unpaired) electrons. The molecule has 2 aromatic carbocycles. The maximum absolute atomic E-state index is 12.4. The van der Waals surface area contributed by atoms with E-state index >= 15 is 0 Å². The molecule has 0 aliphatic heterocycles. The lowest BCUT2D eigenvalue weighted by molar-refractivity contribution is -0.122. The molecule has 4 nitrogen and oxygen atoms in total. The van der Waals surface area contributed by atoms with Crippen LogP contribution in [0.2, 0.25) is 0 Å². The molecular weight excluding hydrogens is 314 g/mol. The molecule has 1 aliphatic rings. The summed E-state index contributed by atoms with van der Waals surface area (Å²) in [4.78, 5) is 12.4. The van der Waals surface area contributed by atoms with Crippen molar-refractivity contribution < 1.29 is 14.3 Å². The van der Waals surface area contributed by atoms with Crippen molar-refractivity contribution in [3.8, 4) is 11.5 Å². The third kappa shape index (κ3) is 4.53. The minimum Gasteiger partial charge on any atom is -0.493 e. The van der Waals surface area contributed by atoms with Gasteiger partial charge in [0.1, 0.15) is 0 Å². The van der Waals surface area contributed by atoms with E-state index in [2.05, 4.69) is 17.4 Å². The van der Waals surface area contributed by atoms with Crippen LogP contribution < -0.4 is 14.8 Å². The first-order valence-corrected chi connectivity index (χ1v) is 8.76. The number of nitrogens with one attached hydrogen (secondary N) is 1. The van der Waals surface area contributed by atoms with Gasteiger partial charge in [-0.3, -0.25) is 4.79 Å². The van der Waals surface area contributed by atoms with Crippen molar-refractivity contribution in [3.63, 3.8) is 0 Å². The number of carbonyl (C=O) groups excluding carboxylic acids is 1. The fourth-order valence-corrected chi connectivity index (χ4v) is 3.10. The molecule has 4 heteroatoms. The van der Waals surface area contributed by atoms with Crippen LogP contribution in [0, 0.1) is 5.92 Å². The number of ether oxygens (including phenoxy) is 2. The number of methoxy groups -OCH3 is 2. The predicted molar refractivity (Wildman–Crippen MR) is 97.9 cm³/mol. The van der Waals surface area contributed by atoms with E-state index in [9.17, 15) is 4.79 Å². The summed E-state index contributed by atoms with van der Waals surface area (Å²) >= 11 is 0. The van der Waals surface area contributed by atoms with Gasteiger partial charge in [-0.25, -0.2) is 0 Å². The van der Waals surface area contributed by atoms with E-state index in [1.807, 2.05) is 36.4 Å². The van der Waals surface area contributed by atoms with Crippen molar-refractivity contribution >= 4 is 5.91 Å². The summed E-state index contributed by atoms with van der Waals surface area (Å²) in [7, 11) is 3.24. The van der Waals surface area contributed by atoms with Crippen LogP contribution in [0.3, 0.4) is 0 Å². The van der Waals surface area contributed by atoms with Crippen molar-refractivity contribution in [2.24, 2.45) is 5.92 Å². The summed E-state index contributed by atoms with van der Waals surface area (Å²) in [5.41, 5.74) is 2.26. The molecule has 1 unspecified atom stereocenters. The van der Waals surface area contributed by atoms with Crippen molar-refractivity contribution in [1.82, 2.24) is 5.32 Å². The van der Waals surface area contributed by atoms with E-state index in [-0.39, 0.29) is 11.9 Å². The van der Waals surface area contributed by atoms with Gasteiger partial charge in [0, 0.05) is 6.42 Å². The first-order valence-electron chi connectivity index (χ1n) is 8.76. The fourth-order valence-electron chi connectivity index (χ4n) is 3.10. The molecule has 0 saturated heterocycles. The Labute approximate surface area is 149 Å². The van der Waals surface area contributed by atoms with Crippen molar-refractivity contribution in [2.75, 3.05) is 14.2 Å². The standard InChI is InChI=1S/C21H25NO3/c1-24-18-12-8-15(14-19(18)25-2)9-13-20(23)22-21(17-10-11-17)16-6-4-3-5-7-16/h3-8,12,14,17,21H,9-11,13H2,1-2H3,(H,22,23). The number of carbonyl (C=O) groups is 1. The molecule has 25 heavy (non-hydrogen) atoms. The highest BCUT2D eigenvalue weighted by Gasteiger charge is 2.33. The van der Waals surface area contributed by atoms with Gasteiger partial charge in [0.15, 0.2) is 11.5 Å². The zero-order chi connectivity index (χ0) is 17.6. The minimum absolute atomic E-state index is 0.0931. The zero-order valence-electron chi connectivity index (χ0n) is 14.8. The van der Waals surface area contributed by atoms with Gasteiger partial charge in [-0.05, 0) is 48.4 Å². The van der Waals surface area contributed by atoms with Crippen molar-refractivity contribution in [3.05, 3.63) is 59.7 Å². The smallest absolute Gasteiger partial charge is 0.220 e. The molecule has 3 rings (SSSR count). The number of benzene rings is 2. The average Bonchev–Trinajstić information content (AvgIpc) is 3.50. The Bertz CT molecular complexity index is 710. The van der Waals surface area contributed by atoms with Gasteiger partial charge in [0.25, 0.3) is 0 Å². The lowest BCUT2D eigenvalue weighted by Crippen LogP contribution is -2.30. The van der Waals surface area contributed by atoms with Crippen LogP contribution in [0.1, 0.15) is 36.4 Å². The maximum atomic E-state index is 12.4. The highest BCUT2D eigenvalue weighted by atomic mass is 16.5. The highest BCUT2D eigenvalue weighted by molar-refractivity contribution is 5.76. The molecule has 132 valence electrons. The SMILES string of the molecule is COc1ccc(CCC(=O)NC(c2ccccc2)C2CC2)cc1OC. The Balaban J connectivity index is 1.59. The minimum atomic E-state index is 0.0931. The van der Waals surface area contributed by atoms with Crippen LogP contribution in [0.5, 0.6) is 11.5 Å². The Hall–Kier alpha value is -2.49. The second-order valence-electron chi connectivity index (χ2n) is 6.48. The Morgan fingerprint density at radius 1 is 1.08 bits per heavy atom. The van der Waals surface area contributed by atoms with Gasteiger partial charge in [-0.15, -0.1) is 0 Å². The van der Waals surface area contributed by atoms with Gasteiger partial charge >= 0.3 is 0 Å². The third-order valence-corrected chi connectivity index (χ3v) is 4.66. The van der Waals surface area contributed by atoms with E-state index in [0.717, 1.165) is 5.56 Å². The Morgan fingerprint density at radius 3 is 2.44 bits per heavy atom. The number of aryl methyl sites for hydroxylation is 1. The van der Waals surface area contributed by atoms with Crippen molar-refractivity contribution in [1.29, 1.82) is 0 Å². The molecule has 0 aromatic heterocycles. The van der Waals surface area contributed by atoms with E-state index < -0.39 is 0 Å². The summed E-state index contributed by atoms with van der Waals surface area (Å²) < 4.78 is 10.6. The molecular formula is C21H25NO3. The molecule has 1 atom stereocenters. The summed E-state index contributed by atoms with van der Waals surface area (Å²) in [5.74, 6) is 2.07. The lowest BCUT2D eigenvalue weighted by atomic mass is 10.0. The summed E-state index contributed by atoms with van der Waals surface area (Å²) in [6, 6.07) is 16.2. The van der Waals surface area contributed by atoms with E-state index in [1.165, 1.54) is 18.4 Å².